The van der Waals surface area contributed by atoms with Gasteiger partial charge in [0.25, 0.3) is 5.91 Å². The SMILES string of the molecule is O=C(NC[C@@H](c1ccc2c(c1)OCO2)N1CCOCC1)c1ccco1. The van der Waals surface area contributed by atoms with Crippen LogP contribution in [-0.4, -0.2) is 50.4 Å². The number of carbonyl (C=O) groups excluding carboxylic acids is 1. The van der Waals surface area contributed by atoms with E-state index in [0.717, 1.165) is 30.2 Å². The average Bonchev–Trinajstić information content (AvgIpc) is 3.34. The van der Waals surface area contributed by atoms with Gasteiger partial charge in [-0.1, -0.05) is 6.07 Å². The highest BCUT2D eigenvalue weighted by molar-refractivity contribution is 5.91. The molecule has 1 aromatic carbocycles. The summed E-state index contributed by atoms with van der Waals surface area (Å²) in [5, 5.41) is 2.96. The van der Waals surface area contributed by atoms with Crippen molar-refractivity contribution < 1.29 is 23.4 Å². The normalized spacial score (nSPS) is 18.1. The van der Waals surface area contributed by atoms with Gasteiger partial charge in [0, 0.05) is 19.6 Å². The van der Waals surface area contributed by atoms with Crippen molar-refractivity contribution in [3.63, 3.8) is 0 Å². The summed E-state index contributed by atoms with van der Waals surface area (Å²) < 4.78 is 21.5. The molecule has 4 rings (SSSR count). The molecule has 0 saturated carbocycles. The molecule has 7 nitrogen and oxygen atoms in total. The van der Waals surface area contributed by atoms with Gasteiger partial charge in [0.15, 0.2) is 17.3 Å². The maximum absolute atomic E-state index is 12.2. The molecule has 1 aromatic heterocycles. The van der Waals surface area contributed by atoms with Crippen LogP contribution in [0.1, 0.15) is 22.2 Å². The van der Waals surface area contributed by atoms with E-state index < -0.39 is 0 Å². The van der Waals surface area contributed by atoms with E-state index in [4.69, 9.17) is 18.6 Å². The van der Waals surface area contributed by atoms with Gasteiger partial charge in [0.1, 0.15) is 0 Å². The van der Waals surface area contributed by atoms with Crippen LogP contribution in [0.3, 0.4) is 0 Å². The van der Waals surface area contributed by atoms with E-state index in [1.165, 1.54) is 6.26 Å². The minimum Gasteiger partial charge on any atom is -0.459 e. The van der Waals surface area contributed by atoms with Crippen molar-refractivity contribution in [1.82, 2.24) is 10.2 Å². The van der Waals surface area contributed by atoms with Crippen molar-refractivity contribution in [2.45, 2.75) is 6.04 Å². The minimum absolute atomic E-state index is 0.0253. The van der Waals surface area contributed by atoms with Crippen LogP contribution in [0.15, 0.2) is 41.0 Å². The summed E-state index contributed by atoms with van der Waals surface area (Å²) in [6.45, 7) is 3.72. The maximum Gasteiger partial charge on any atom is 0.287 e. The Morgan fingerprint density at radius 3 is 2.80 bits per heavy atom. The molecule has 0 aliphatic carbocycles. The van der Waals surface area contributed by atoms with Gasteiger partial charge in [-0.05, 0) is 29.8 Å². The Kier molecular flexibility index (Phi) is 4.58. The second-order valence-corrected chi connectivity index (χ2v) is 5.96. The van der Waals surface area contributed by atoms with Crippen LogP contribution in [-0.2, 0) is 4.74 Å². The first-order chi connectivity index (χ1) is 12.3. The highest BCUT2D eigenvalue weighted by Gasteiger charge is 2.25. The molecule has 1 N–H and O–H groups in total. The van der Waals surface area contributed by atoms with Crippen molar-refractivity contribution in [3.05, 3.63) is 47.9 Å². The van der Waals surface area contributed by atoms with Crippen LogP contribution in [0, 0.1) is 0 Å². The summed E-state index contributed by atoms with van der Waals surface area (Å²) in [4.78, 5) is 14.5. The lowest BCUT2D eigenvalue weighted by atomic mass is 10.0. The van der Waals surface area contributed by atoms with Gasteiger partial charge in [0.05, 0.1) is 25.5 Å². The number of hydrogen-bond acceptors (Lipinski definition) is 6. The number of carbonyl (C=O) groups is 1. The Bertz CT molecular complexity index is 725. The molecule has 7 heteroatoms. The van der Waals surface area contributed by atoms with Gasteiger partial charge in [-0.2, -0.15) is 0 Å². The van der Waals surface area contributed by atoms with Crippen molar-refractivity contribution >= 4 is 5.91 Å². The molecule has 1 saturated heterocycles. The Balaban J connectivity index is 1.52. The second kappa shape index (κ2) is 7.16. The van der Waals surface area contributed by atoms with E-state index in [2.05, 4.69) is 10.2 Å². The molecule has 25 heavy (non-hydrogen) atoms. The summed E-state index contributed by atoms with van der Waals surface area (Å²) in [6.07, 6.45) is 1.49. The quantitative estimate of drug-likeness (QED) is 0.892. The summed E-state index contributed by atoms with van der Waals surface area (Å²) in [5.41, 5.74) is 1.07. The van der Waals surface area contributed by atoms with Crippen molar-refractivity contribution in [2.75, 3.05) is 39.6 Å². The number of nitrogens with one attached hydrogen (secondary N) is 1. The van der Waals surface area contributed by atoms with Gasteiger partial charge in [-0.15, -0.1) is 0 Å². The molecule has 2 aliphatic rings. The highest BCUT2D eigenvalue weighted by Crippen LogP contribution is 2.35. The molecule has 1 fully saturated rings. The zero-order chi connectivity index (χ0) is 17.1. The van der Waals surface area contributed by atoms with E-state index >= 15 is 0 Å². The fraction of sp³-hybridized carbons (Fsp3) is 0.389. The fourth-order valence-electron chi connectivity index (χ4n) is 3.15. The molecule has 0 unspecified atom stereocenters. The second-order valence-electron chi connectivity index (χ2n) is 5.96. The number of furan rings is 1. The number of fused-ring (bicyclic) bond motifs is 1. The molecule has 3 heterocycles. The summed E-state index contributed by atoms with van der Waals surface area (Å²) >= 11 is 0. The molecule has 1 atom stereocenters. The summed E-state index contributed by atoms with van der Waals surface area (Å²) in [5.74, 6) is 1.59. The third-order valence-electron chi connectivity index (χ3n) is 4.47. The van der Waals surface area contributed by atoms with E-state index in [-0.39, 0.29) is 18.7 Å². The Morgan fingerprint density at radius 2 is 2.00 bits per heavy atom. The van der Waals surface area contributed by atoms with Crippen molar-refractivity contribution in [1.29, 1.82) is 0 Å². The highest BCUT2D eigenvalue weighted by atomic mass is 16.7. The first-order valence-corrected chi connectivity index (χ1v) is 8.34. The van der Waals surface area contributed by atoms with Crippen LogP contribution in [0.4, 0.5) is 0 Å². The van der Waals surface area contributed by atoms with Gasteiger partial charge in [-0.3, -0.25) is 9.69 Å². The van der Waals surface area contributed by atoms with Gasteiger partial charge in [-0.25, -0.2) is 0 Å². The predicted octanol–water partition coefficient (Wildman–Crippen LogP) is 1.81. The van der Waals surface area contributed by atoms with Crippen molar-refractivity contribution in [3.8, 4) is 11.5 Å². The van der Waals surface area contributed by atoms with E-state index in [0.29, 0.717) is 25.5 Å². The Labute approximate surface area is 145 Å². The Hall–Kier alpha value is -2.51. The average molecular weight is 344 g/mol. The zero-order valence-electron chi connectivity index (χ0n) is 13.8. The third kappa shape index (κ3) is 3.47. The monoisotopic (exact) mass is 344 g/mol. The fourth-order valence-corrected chi connectivity index (χ4v) is 3.15. The number of ether oxygens (including phenoxy) is 3. The van der Waals surface area contributed by atoms with Crippen LogP contribution in [0.25, 0.3) is 0 Å². The maximum atomic E-state index is 12.2. The van der Waals surface area contributed by atoms with E-state index in [1.807, 2.05) is 18.2 Å². The molecule has 0 bridgehead atoms. The molecular formula is C18H20N2O5. The van der Waals surface area contributed by atoms with Gasteiger partial charge in [0.2, 0.25) is 6.79 Å². The van der Waals surface area contributed by atoms with E-state index in [1.54, 1.807) is 12.1 Å². The number of benzene rings is 1. The number of morpholine rings is 1. The van der Waals surface area contributed by atoms with Crippen LogP contribution >= 0.6 is 0 Å². The predicted molar refractivity (Wildman–Crippen MR) is 88.7 cm³/mol. The van der Waals surface area contributed by atoms with Crippen molar-refractivity contribution in [2.24, 2.45) is 0 Å². The minimum atomic E-state index is -0.219. The molecule has 0 spiro atoms. The zero-order valence-corrected chi connectivity index (χ0v) is 13.8. The number of amides is 1. The smallest absolute Gasteiger partial charge is 0.287 e. The number of nitrogens with zero attached hydrogens (tertiary/aromatic N) is 1. The first kappa shape index (κ1) is 16.0. The third-order valence-corrected chi connectivity index (χ3v) is 4.47. The first-order valence-electron chi connectivity index (χ1n) is 8.34. The van der Waals surface area contributed by atoms with Crippen LogP contribution < -0.4 is 14.8 Å². The summed E-state index contributed by atoms with van der Waals surface area (Å²) in [7, 11) is 0. The lowest BCUT2D eigenvalue weighted by Crippen LogP contribution is -2.43. The van der Waals surface area contributed by atoms with Gasteiger partial charge < -0.3 is 23.9 Å². The van der Waals surface area contributed by atoms with E-state index in [9.17, 15) is 4.79 Å². The number of rotatable bonds is 5. The molecule has 2 aromatic rings. The molecular weight excluding hydrogens is 324 g/mol. The van der Waals surface area contributed by atoms with Gasteiger partial charge >= 0.3 is 0 Å². The lowest BCUT2D eigenvalue weighted by molar-refractivity contribution is 0.0161. The lowest BCUT2D eigenvalue weighted by Gasteiger charge is -2.34. The largest absolute Gasteiger partial charge is 0.459 e. The number of hydrogen-bond donors (Lipinski definition) is 1. The molecule has 1 amide bonds. The molecule has 132 valence electrons. The standard InChI is InChI=1S/C18H20N2O5/c21-18(16-2-1-7-23-16)19-11-14(20-5-8-22-9-6-20)13-3-4-15-17(10-13)25-12-24-15/h1-4,7,10,14H,5-6,8-9,11-12H2,(H,19,21)/t14-/m0/s1. The topological polar surface area (TPSA) is 73.2 Å². The van der Waals surface area contributed by atoms with Crippen LogP contribution in [0.2, 0.25) is 0 Å². The Morgan fingerprint density at radius 1 is 1.16 bits per heavy atom. The van der Waals surface area contributed by atoms with Crippen LogP contribution in [0.5, 0.6) is 11.5 Å². The molecule has 0 radical (unpaired) electrons. The molecule has 2 aliphatic heterocycles. The summed E-state index contributed by atoms with van der Waals surface area (Å²) in [6, 6.07) is 9.30.